The van der Waals surface area contributed by atoms with Gasteiger partial charge in [-0.15, -0.1) is 0 Å². The molecule has 5 rings (SSSR count). The van der Waals surface area contributed by atoms with Crippen LogP contribution in [-0.4, -0.2) is 62.8 Å². The number of aliphatic hydroxyl groups excluding tert-OH is 1. The van der Waals surface area contributed by atoms with E-state index in [4.69, 9.17) is 4.74 Å². The summed E-state index contributed by atoms with van der Waals surface area (Å²) in [4.78, 5) is 2.22. The second kappa shape index (κ2) is 10.8. The summed E-state index contributed by atoms with van der Waals surface area (Å²) < 4.78 is 22.0. The highest BCUT2D eigenvalue weighted by Gasteiger charge is 2.25. The highest BCUT2D eigenvalue weighted by molar-refractivity contribution is 5.93. The normalized spacial score (nSPS) is 20.0. The van der Waals surface area contributed by atoms with Gasteiger partial charge in [-0.1, -0.05) is 12.1 Å². The number of hydrogen-bond donors (Lipinski definition) is 3. The van der Waals surface area contributed by atoms with E-state index in [1.54, 1.807) is 13.2 Å². The van der Waals surface area contributed by atoms with Crippen molar-refractivity contribution in [1.82, 2.24) is 30.2 Å². The number of piperidine rings is 1. The standard InChI is InChI=1S/C27H33FN6O2/c1-3-34-15-19(14-29-34)26-21-13-18(10-11-24(21)31-32-26)27(35)30-20-7-6-12-33(16-20)17-22-23(28)8-4-5-9-25(22)36-2/h5,8-11,13-15,20,27,30,35H,3-4,6-7,12,16-17H2,1-2H3,(H,31,32). The lowest BCUT2D eigenvalue weighted by molar-refractivity contribution is 0.0959. The van der Waals surface area contributed by atoms with Crippen molar-refractivity contribution >= 4 is 10.9 Å². The second-order valence-corrected chi connectivity index (χ2v) is 9.34. The molecule has 1 aliphatic carbocycles. The number of aromatic nitrogens is 4. The maximum Gasteiger partial charge on any atom is 0.131 e. The molecule has 1 fully saturated rings. The molecule has 0 radical (unpaired) electrons. The lowest BCUT2D eigenvalue weighted by Gasteiger charge is -2.35. The summed E-state index contributed by atoms with van der Waals surface area (Å²) in [6.45, 7) is 4.89. The number of hydrogen-bond acceptors (Lipinski definition) is 6. The van der Waals surface area contributed by atoms with E-state index in [2.05, 4.69) is 25.5 Å². The predicted molar refractivity (Wildman–Crippen MR) is 138 cm³/mol. The van der Waals surface area contributed by atoms with Crippen molar-refractivity contribution in [2.45, 2.75) is 45.0 Å². The van der Waals surface area contributed by atoms with Crippen LogP contribution in [0.5, 0.6) is 0 Å². The summed E-state index contributed by atoms with van der Waals surface area (Å²) in [6.07, 6.45) is 10.8. The number of aromatic amines is 1. The Morgan fingerprint density at radius 3 is 3.06 bits per heavy atom. The van der Waals surface area contributed by atoms with Crippen molar-refractivity contribution in [2.75, 3.05) is 26.7 Å². The Balaban J connectivity index is 1.29. The molecular formula is C27H33FN6O2. The molecule has 9 heteroatoms. The third kappa shape index (κ3) is 5.13. The van der Waals surface area contributed by atoms with Gasteiger partial charge in [0.25, 0.3) is 0 Å². The van der Waals surface area contributed by atoms with E-state index in [0.29, 0.717) is 30.8 Å². The van der Waals surface area contributed by atoms with Crippen LogP contribution in [0.3, 0.4) is 0 Å². The maximum atomic E-state index is 14.7. The fourth-order valence-corrected chi connectivity index (χ4v) is 4.99. The van der Waals surface area contributed by atoms with E-state index in [1.807, 2.05) is 54.4 Å². The first kappa shape index (κ1) is 24.4. The molecule has 0 saturated carbocycles. The topological polar surface area (TPSA) is 91.2 Å². The zero-order valence-corrected chi connectivity index (χ0v) is 20.7. The number of benzene rings is 1. The van der Waals surface area contributed by atoms with Gasteiger partial charge in [0.05, 0.1) is 18.8 Å². The number of allylic oxidation sites excluding steroid dienone is 3. The summed E-state index contributed by atoms with van der Waals surface area (Å²) in [5, 5.41) is 27.3. The van der Waals surface area contributed by atoms with Gasteiger partial charge in [-0.2, -0.15) is 10.2 Å². The zero-order valence-electron chi connectivity index (χ0n) is 20.7. The van der Waals surface area contributed by atoms with Gasteiger partial charge in [0.1, 0.15) is 23.5 Å². The number of aryl methyl sites for hydroxylation is 1. The van der Waals surface area contributed by atoms with E-state index in [9.17, 15) is 9.50 Å². The van der Waals surface area contributed by atoms with E-state index in [1.165, 1.54) is 0 Å². The number of halogens is 1. The lowest BCUT2D eigenvalue weighted by atomic mass is 10.0. The summed E-state index contributed by atoms with van der Waals surface area (Å²) in [5.74, 6) is 0.353. The number of fused-ring (bicyclic) bond motifs is 1. The van der Waals surface area contributed by atoms with Crippen LogP contribution in [0, 0.1) is 0 Å². The van der Waals surface area contributed by atoms with Crippen LogP contribution < -0.4 is 5.32 Å². The monoisotopic (exact) mass is 492 g/mol. The Morgan fingerprint density at radius 1 is 1.36 bits per heavy atom. The van der Waals surface area contributed by atoms with Gasteiger partial charge in [-0.3, -0.25) is 20.0 Å². The molecule has 1 saturated heterocycles. The van der Waals surface area contributed by atoms with Gasteiger partial charge < -0.3 is 9.84 Å². The van der Waals surface area contributed by atoms with Crippen LogP contribution in [0.25, 0.3) is 22.2 Å². The molecular weight excluding hydrogens is 459 g/mol. The molecule has 1 aromatic carbocycles. The van der Waals surface area contributed by atoms with E-state index in [0.717, 1.165) is 53.7 Å². The molecule has 0 amide bonds. The number of methoxy groups -OCH3 is 1. The molecule has 3 N–H and O–H groups in total. The number of H-pyrrole nitrogens is 1. The van der Waals surface area contributed by atoms with E-state index < -0.39 is 6.23 Å². The van der Waals surface area contributed by atoms with Gasteiger partial charge >= 0.3 is 0 Å². The first-order chi connectivity index (χ1) is 17.6. The molecule has 2 aromatic heterocycles. The average Bonchev–Trinajstić information content (AvgIpc) is 3.50. The van der Waals surface area contributed by atoms with Gasteiger partial charge in [-0.25, -0.2) is 4.39 Å². The van der Waals surface area contributed by atoms with Gasteiger partial charge in [-0.05, 0) is 62.6 Å². The van der Waals surface area contributed by atoms with E-state index >= 15 is 0 Å². The van der Waals surface area contributed by atoms with Crippen molar-refractivity contribution in [3.63, 3.8) is 0 Å². The summed E-state index contributed by atoms with van der Waals surface area (Å²) in [6, 6.07) is 5.91. The number of rotatable bonds is 8. The van der Waals surface area contributed by atoms with Gasteiger partial charge in [0, 0.05) is 48.4 Å². The Morgan fingerprint density at radius 2 is 2.25 bits per heavy atom. The molecule has 0 bridgehead atoms. The summed E-state index contributed by atoms with van der Waals surface area (Å²) in [7, 11) is 1.58. The van der Waals surface area contributed by atoms with Crippen LogP contribution in [-0.2, 0) is 11.3 Å². The molecule has 2 aliphatic rings. The molecule has 1 aliphatic heterocycles. The molecule has 3 aromatic rings. The number of likely N-dealkylation sites (tertiary alicyclic amines) is 1. The third-order valence-electron chi connectivity index (χ3n) is 6.92. The Labute approximate surface area is 210 Å². The molecule has 8 nitrogen and oxygen atoms in total. The predicted octanol–water partition coefficient (Wildman–Crippen LogP) is 4.21. The van der Waals surface area contributed by atoms with Crippen LogP contribution >= 0.6 is 0 Å². The Hall–Kier alpha value is -3.27. The van der Waals surface area contributed by atoms with Crippen LogP contribution in [0.15, 0.2) is 66.0 Å². The summed E-state index contributed by atoms with van der Waals surface area (Å²) in [5.41, 5.74) is 4.01. The van der Waals surface area contributed by atoms with Crippen molar-refractivity contribution < 1.29 is 14.2 Å². The van der Waals surface area contributed by atoms with Crippen LogP contribution in [0.1, 0.15) is 38.0 Å². The number of nitrogens with zero attached hydrogens (tertiary/aromatic N) is 4. The maximum absolute atomic E-state index is 14.7. The lowest BCUT2D eigenvalue weighted by Crippen LogP contribution is -2.47. The van der Waals surface area contributed by atoms with Crippen molar-refractivity contribution in [3.05, 3.63) is 71.5 Å². The summed E-state index contributed by atoms with van der Waals surface area (Å²) >= 11 is 0. The Kier molecular flexibility index (Phi) is 7.31. The second-order valence-electron chi connectivity index (χ2n) is 9.34. The molecule has 0 spiro atoms. The first-order valence-electron chi connectivity index (χ1n) is 12.5. The quantitative estimate of drug-likeness (QED) is 0.408. The van der Waals surface area contributed by atoms with Crippen molar-refractivity contribution in [3.8, 4) is 11.3 Å². The van der Waals surface area contributed by atoms with E-state index in [-0.39, 0.29) is 11.9 Å². The van der Waals surface area contributed by atoms with Gasteiger partial charge in [0.2, 0.25) is 0 Å². The smallest absolute Gasteiger partial charge is 0.131 e. The fourth-order valence-electron chi connectivity index (χ4n) is 4.99. The minimum Gasteiger partial charge on any atom is -0.496 e. The minimum absolute atomic E-state index is 0.0796. The van der Waals surface area contributed by atoms with Crippen molar-refractivity contribution in [1.29, 1.82) is 0 Å². The molecule has 2 unspecified atom stereocenters. The zero-order chi connectivity index (χ0) is 25.1. The highest BCUT2D eigenvalue weighted by Crippen LogP contribution is 2.29. The molecule has 3 heterocycles. The number of nitrogens with one attached hydrogen (secondary N) is 2. The molecule has 2 atom stereocenters. The Bertz CT molecular complexity index is 1310. The SMILES string of the molecule is CCn1cc(-c2n[nH]c3ccc(C(O)NC4CCCN(CC5=C(OC)C=CCC=C5F)C4)cc23)cn1. The molecule has 36 heavy (non-hydrogen) atoms. The third-order valence-corrected chi connectivity index (χ3v) is 6.92. The number of aliphatic hydroxyl groups is 1. The average molecular weight is 493 g/mol. The highest BCUT2D eigenvalue weighted by atomic mass is 19.1. The first-order valence-corrected chi connectivity index (χ1v) is 12.5. The largest absolute Gasteiger partial charge is 0.496 e. The van der Waals surface area contributed by atoms with Crippen LogP contribution in [0.4, 0.5) is 4.39 Å². The van der Waals surface area contributed by atoms with Crippen LogP contribution in [0.2, 0.25) is 0 Å². The molecule has 190 valence electrons. The fraction of sp³-hybridized carbons (Fsp3) is 0.407. The van der Waals surface area contributed by atoms with Gasteiger partial charge in [0.15, 0.2) is 0 Å². The van der Waals surface area contributed by atoms with Crippen molar-refractivity contribution in [2.24, 2.45) is 0 Å². The number of ether oxygens (including phenoxy) is 1. The minimum atomic E-state index is -0.827.